The van der Waals surface area contributed by atoms with Crippen LogP contribution in [0.25, 0.3) is 66.7 Å². The zero-order chi connectivity index (χ0) is 33.4. The van der Waals surface area contributed by atoms with Crippen LogP contribution in [0.4, 0.5) is 17.1 Å². The number of anilines is 3. The highest BCUT2D eigenvalue weighted by molar-refractivity contribution is 6.10. The number of aromatic nitrogens is 1. The van der Waals surface area contributed by atoms with Gasteiger partial charge in [-0.05, 0) is 76.3 Å². The molecule has 2 aromatic heterocycles. The summed E-state index contributed by atoms with van der Waals surface area (Å²) in [5.74, 6) is 0.605. The molecule has 4 nitrogen and oxygen atoms in total. The van der Waals surface area contributed by atoms with Gasteiger partial charge in [0, 0.05) is 50.8 Å². The Morgan fingerprint density at radius 1 is 0.500 bits per heavy atom. The molecule has 9 aromatic rings. The van der Waals surface area contributed by atoms with Gasteiger partial charge in [-0.15, -0.1) is 0 Å². The lowest BCUT2D eigenvalue weighted by molar-refractivity contribution is 0.620. The second-order valence-electron chi connectivity index (χ2n) is 13.6. The zero-order valence-electron chi connectivity index (χ0n) is 27.7. The molecule has 0 atom stereocenters. The molecule has 0 N–H and O–H groups in total. The molecule has 0 fully saturated rings. The van der Waals surface area contributed by atoms with E-state index in [4.69, 9.17) is 13.8 Å². The third-order valence-corrected chi connectivity index (χ3v) is 10.3. The molecule has 1 aliphatic rings. The predicted molar refractivity (Wildman–Crippen MR) is 204 cm³/mol. The maximum absolute atomic E-state index is 6.60. The minimum Gasteiger partial charge on any atom is -0.456 e. The van der Waals surface area contributed by atoms with Crippen LogP contribution >= 0.6 is 0 Å². The van der Waals surface area contributed by atoms with Gasteiger partial charge in [0.2, 0.25) is 5.89 Å². The Morgan fingerprint density at radius 2 is 1.18 bits per heavy atom. The quantitative estimate of drug-likeness (QED) is 0.187. The molecule has 7 aromatic carbocycles. The summed E-state index contributed by atoms with van der Waals surface area (Å²) in [4.78, 5) is 7.17. The average molecular weight is 645 g/mol. The van der Waals surface area contributed by atoms with Gasteiger partial charge in [0.15, 0.2) is 5.58 Å². The molecule has 0 bridgehead atoms. The van der Waals surface area contributed by atoms with Crippen LogP contribution in [0.3, 0.4) is 0 Å². The molecule has 0 saturated carbocycles. The number of rotatable bonds is 5. The highest BCUT2D eigenvalue weighted by atomic mass is 16.4. The van der Waals surface area contributed by atoms with Crippen LogP contribution in [0.15, 0.2) is 167 Å². The lowest BCUT2D eigenvalue weighted by Crippen LogP contribution is -2.16. The first-order valence-corrected chi connectivity index (χ1v) is 17.0. The summed E-state index contributed by atoms with van der Waals surface area (Å²) in [6.07, 6.45) is 0. The van der Waals surface area contributed by atoms with E-state index in [0.717, 1.165) is 61.2 Å². The van der Waals surface area contributed by atoms with E-state index >= 15 is 0 Å². The minimum atomic E-state index is -0.118. The van der Waals surface area contributed by atoms with Crippen molar-refractivity contribution < 1.29 is 8.83 Å². The Hall–Kier alpha value is -6.39. The second-order valence-corrected chi connectivity index (χ2v) is 13.6. The Kier molecular flexibility index (Phi) is 6.19. The molecule has 0 radical (unpaired) electrons. The van der Waals surface area contributed by atoms with Crippen molar-refractivity contribution in [2.24, 2.45) is 0 Å². The molecule has 4 heteroatoms. The molecule has 0 unspecified atom stereocenters. The van der Waals surface area contributed by atoms with Crippen molar-refractivity contribution in [3.05, 3.63) is 169 Å². The van der Waals surface area contributed by atoms with Crippen LogP contribution in [-0.4, -0.2) is 4.98 Å². The number of hydrogen-bond donors (Lipinski definition) is 0. The molecule has 0 amide bonds. The SMILES string of the molecule is CC1(C)c2ccccc2-c2c(N(c3cccc(-c4ccccc4)c3)c3ccc4c(c3)oc3cc5nc(-c6ccccc6)oc5cc34)cccc21. The van der Waals surface area contributed by atoms with E-state index in [1.807, 2.05) is 36.4 Å². The minimum absolute atomic E-state index is 0.118. The van der Waals surface area contributed by atoms with E-state index in [-0.39, 0.29) is 5.41 Å². The maximum atomic E-state index is 6.60. The van der Waals surface area contributed by atoms with Crippen LogP contribution in [0.2, 0.25) is 0 Å². The van der Waals surface area contributed by atoms with E-state index in [2.05, 4.69) is 140 Å². The lowest BCUT2D eigenvalue weighted by atomic mass is 9.82. The van der Waals surface area contributed by atoms with Crippen molar-refractivity contribution in [2.45, 2.75) is 19.3 Å². The molecule has 10 rings (SSSR count). The molecule has 2 heterocycles. The van der Waals surface area contributed by atoms with Gasteiger partial charge >= 0.3 is 0 Å². The predicted octanol–water partition coefficient (Wildman–Crippen LogP) is 12.8. The van der Waals surface area contributed by atoms with Gasteiger partial charge in [0.25, 0.3) is 0 Å². The monoisotopic (exact) mass is 644 g/mol. The van der Waals surface area contributed by atoms with Crippen molar-refractivity contribution >= 4 is 50.1 Å². The van der Waals surface area contributed by atoms with Gasteiger partial charge in [-0.25, -0.2) is 4.98 Å². The van der Waals surface area contributed by atoms with Crippen LogP contribution in [0.5, 0.6) is 0 Å². The lowest BCUT2D eigenvalue weighted by Gasteiger charge is -2.29. The molecular formula is C46H32N2O2. The third-order valence-electron chi connectivity index (χ3n) is 10.3. The number of oxazole rings is 1. The summed E-state index contributed by atoms with van der Waals surface area (Å²) in [5, 5.41) is 2.04. The number of nitrogens with zero attached hydrogens (tertiary/aromatic N) is 2. The van der Waals surface area contributed by atoms with Crippen molar-refractivity contribution in [3.8, 4) is 33.7 Å². The Bertz CT molecular complexity index is 2740. The van der Waals surface area contributed by atoms with Crippen LogP contribution < -0.4 is 4.90 Å². The third kappa shape index (κ3) is 4.35. The smallest absolute Gasteiger partial charge is 0.227 e. The van der Waals surface area contributed by atoms with E-state index in [1.54, 1.807) is 0 Å². The summed E-state index contributed by atoms with van der Waals surface area (Å²) < 4.78 is 12.8. The molecule has 1 aliphatic carbocycles. The van der Waals surface area contributed by atoms with Crippen molar-refractivity contribution in [2.75, 3.05) is 4.90 Å². The molecule has 0 saturated heterocycles. The Balaban J connectivity index is 1.17. The van der Waals surface area contributed by atoms with Crippen LogP contribution in [0, 0.1) is 0 Å². The fourth-order valence-electron chi connectivity index (χ4n) is 7.83. The normalized spacial score (nSPS) is 13.2. The molecule has 50 heavy (non-hydrogen) atoms. The van der Waals surface area contributed by atoms with Gasteiger partial charge in [0.1, 0.15) is 16.7 Å². The van der Waals surface area contributed by atoms with E-state index in [0.29, 0.717) is 5.89 Å². The summed E-state index contributed by atoms with van der Waals surface area (Å²) in [6, 6.07) is 55.5. The van der Waals surface area contributed by atoms with E-state index in [1.165, 1.54) is 27.8 Å². The number of furan rings is 1. The summed E-state index contributed by atoms with van der Waals surface area (Å²) in [5.41, 5.74) is 14.7. The van der Waals surface area contributed by atoms with Gasteiger partial charge in [-0.2, -0.15) is 0 Å². The van der Waals surface area contributed by atoms with Gasteiger partial charge in [-0.3, -0.25) is 0 Å². The molecule has 238 valence electrons. The van der Waals surface area contributed by atoms with E-state index < -0.39 is 0 Å². The second kappa shape index (κ2) is 10.8. The molecule has 0 spiro atoms. The number of hydrogen-bond acceptors (Lipinski definition) is 4. The van der Waals surface area contributed by atoms with Crippen molar-refractivity contribution in [1.82, 2.24) is 4.98 Å². The van der Waals surface area contributed by atoms with Crippen molar-refractivity contribution in [3.63, 3.8) is 0 Å². The van der Waals surface area contributed by atoms with E-state index in [9.17, 15) is 0 Å². The Morgan fingerprint density at radius 3 is 2.02 bits per heavy atom. The standard InChI is InChI=1S/C46H32N2O2/c1-46(2)37-20-10-9-19-35(37)44-38(46)21-12-22-40(44)48(32-18-11-17-31(25-32)29-13-5-3-6-14-29)33-23-24-34-36-27-43-39(28-42(36)49-41(34)26-33)47-45(50-43)30-15-7-4-8-16-30/h3-28H,1-2H3. The van der Waals surface area contributed by atoms with Crippen LogP contribution in [-0.2, 0) is 5.41 Å². The number of fused-ring (bicyclic) bond motifs is 7. The maximum Gasteiger partial charge on any atom is 0.227 e. The van der Waals surface area contributed by atoms with Gasteiger partial charge in [0.05, 0.1) is 5.69 Å². The van der Waals surface area contributed by atoms with Gasteiger partial charge in [-0.1, -0.05) is 111 Å². The fourth-order valence-corrected chi connectivity index (χ4v) is 7.83. The highest BCUT2D eigenvalue weighted by Gasteiger charge is 2.37. The topological polar surface area (TPSA) is 42.4 Å². The highest BCUT2D eigenvalue weighted by Crippen LogP contribution is 2.54. The van der Waals surface area contributed by atoms with Crippen molar-refractivity contribution in [1.29, 1.82) is 0 Å². The summed E-state index contributed by atoms with van der Waals surface area (Å²) in [7, 11) is 0. The number of benzene rings is 7. The van der Waals surface area contributed by atoms with Crippen LogP contribution in [0.1, 0.15) is 25.0 Å². The first-order chi connectivity index (χ1) is 24.5. The first kappa shape index (κ1) is 28.6. The summed E-state index contributed by atoms with van der Waals surface area (Å²) in [6.45, 7) is 4.66. The molecular weight excluding hydrogens is 613 g/mol. The van der Waals surface area contributed by atoms with Gasteiger partial charge < -0.3 is 13.7 Å². The largest absolute Gasteiger partial charge is 0.456 e. The Labute approximate surface area is 289 Å². The first-order valence-electron chi connectivity index (χ1n) is 17.0. The average Bonchev–Trinajstić information content (AvgIpc) is 3.81. The molecule has 0 aliphatic heterocycles. The zero-order valence-corrected chi connectivity index (χ0v) is 27.7. The fraction of sp³-hybridized carbons (Fsp3) is 0.0652. The summed E-state index contributed by atoms with van der Waals surface area (Å²) >= 11 is 0.